The van der Waals surface area contributed by atoms with Crippen LogP contribution in [0.15, 0.2) is 36.4 Å². The smallest absolute Gasteiger partial charge is 0.407 e. The van der Waals surface area contributed by atoms with Crippen molar-refractivity contribution in [2.24, 2.45) is 11.8 Å². The lowest BCUT2D eigenvalue weighted by atomic mass is 9.99. The topological polar surface area (TPSA) is 59.0 Å². The van der Waals surface area contributed by atoms with Crippen LogP contribution in [0.4, 0.5) is 4.79 Å². The van der Waals surface area contributed by atoms with Crippen molar-refractivity contribution in [2.45, 2.75) is 18.9 Å². The van der Waals surface area contributed by atoms with Crippen LogP contribution in [0.1, 0.15) is 12.8 Å². The first-order valence-electron chi connectivity index (χ1n) is 8.36. The van der Waals surface area contributed by atoms with E-state index in [4.69, 9.17) is 9.47 Å². The number of hydrogen-bond donors (Lipinski definition) is 1. The highest BCUT2D eigenvalue weighted by Crippen LogP contribution is 2.40. The van der Waals surface area contributed by atoms with E-state index in [-0.39, 0.29) is 6.10 Å². The third-order valence-electron chi connectivity index (χ3n) is 5.37. The monoisotopic (exact) mass is 327 g/mol. The molecular weight excluding hydrogens is 306 g/mol. The van der Waals surface area contributed by atoms with Gasteiger partial charge in [0, 0.05) is 19.0 Å². The zero-order chi connectivity index (χ0) is 16.7. The number of amides is 1. The molecule has 0 unspecified atom stereocenters. The lowest BCUT2D eigenvalue weighted by molar-refractivity contribution is 0.133. The molecule has 1 amide bonds. The van der Waals surface area contributed by atoms with E-state index in [1.54, 1.807) is 7.11 Å². The summed E-state index contributed by atoms with van der Waals surface area (Å²) < 4.78 is 11.5. The number of likely N-dealkylation sites (tertiary alicyclic amines) is 1. The van der Waals surface area contributed by atoms with Gasteiger partial charge in [0.05, 0.1) is 7.11 Å². The van der Waals surface area contributed by atoms with E-state index in [0.717, 1.165) is 35.1 Å². The van der Waals surface area contributed by atoms with Crippen molar-refractivity contribution in [3.63, 3.8) is 0 Å². The number of rotatable bonds is 3. The van der Waals surface area contributed by atoms with Crippen molar-refractivity contribution in [1.82, 2.24) is 4.90 Å². The van der Waals surface area contributed by atoms with E-state index < -0.39 is 6.09 Å². The van der Waals surface area contributed by atoms with Crippen LogP contribution in [0.3, 0.4) is 0 Å². The Hall–Kier alpha value is -2.43. The number of ether oxygens (including phenoxy) is 2. The lowest BCUT2D eigenvalue weighted by Crippen LogP contribution is -2.31. The Labute approximate surface area is 140 Å². The average Bonchev–Trinajstić information content (AvgIpc) is 3.16. The van der Waals surface area contributed by atoms with Gasteiger partial charge < -0.3 is 19.5 Å². The van der Waals surface area contributed by atoms with Crippen LogP contribution in [0, 0.1) is 11.8 Å². The fraction of sp³-hybridized carbons (Fsp3) is 0.421. The highest BCUT2D eigenvalue weighted by Gasteiger charge is 2.45. The van der Waals surface area contributed by atoms with Gasteiger partial charge in [-0.1, -0.05) is 12.1 Å². The quantitative estimate of drug-likeness (QED) is 0.935. The molecule has 5 heteroatoms. The zero-order valence-electron chi connectivity index (χ0n) is 13.6. The fourth-order valence-electron chi connectivity index (χ4n) is 4.09. The first kappa shape index (κ1) is 15.1. The molecule has 0 bridgehead atoms. The molecule has 2 aromatic carbocycles. The van der Waals surface area contributed by atoms with Crippen LogP contribution >= 0.6 is 0 Å². The summed E-state index contributed by atoms with van der Waals surface area (Å²) in [6, 6.07) is 12.1. The number of fused-ring (bicyclic) bond motifs is 2. The van der Waals surface area contributed by atoms with Gasteiger partial charge in [-0.25, -0.2) is 4.79 Å². The van der Waals surface area contributed by atoms with Crippen molar-refractivity contribution < 1.29 is 19.4 Å². The first-order valence-corrected chi connectivity index (χ1v) is 8.36. The molecule has 126 valence electrons. The Bertz CT molecular complexity index is 775. The van der Waals surface area contributed by atoms with Crippen LogP contribution in [0.2, 0.25) is 0 Å². The molecule has 24 heavy (non-hydrogen) atoms. The Morgan fingerprint density at radius 3 is 2.50 bits per heavy atom. The molecule has 1 heterocycles. The third kappa shape index (κ3) is 2.64. The lowest BCUT2D eigenvalue weighted by Gasteiger charge is -2.21. The number of nitrogens with zero attached hydrogens (tertiary/aromatic N) is 1. The Balaban J connectivity index is 1.51. The maximum absolute atomic E-state index is 11.2. The molecule has 1 N–H and O–H groups in total. The van der Waals surface area contributed by atoms with Crippen molar-refractivity contribution in [3.8, 4) is 11.5 Å². The van der Waals surface area contributed by atoms with Gasteiger partial charge in [-0.05, 0) is 53.8 Å². The van der Waals surface area contributed by atoms with E-state index in [2.05, 4.69) is 0 Å². The summed E-state index contributed by atoms with van der Waals surface area (Å²) in [5.74, 6) is 2.45. The molecule has 1 aliphatic heterocycles. The van der Waals surface area contributed by atoms with Crippen molar-refractivity contribution >= 4 is 16.9 Å². The minimum atomic E-state index is -0.817. The molecule has 0 aromatic heterocycles. The minimum Gasteiger partial charge on any atom is -0.497 e. The van der Waals surface area contributed by atoms with Crippen molar-refractivity contribution in [3.05, 3.63) is 36.4 Å². The molecule has 4 rings (SSSR count). The van der Waals surface area contributed by atoms with Gasteiger partial charge in [-0.15, -0.1) is 0 Å². The Morgan fingerprint density at radius 1 is 1.08 bits per heavy atom. The average molecular weight is 327 g/mol. The molecule has 2 fully saturated rings. The van der Waals surface area contributed by atoms with E-state index in [0.29, 0.717) is 24.9 Å². The molecular formula is C19H21NO4. The molecule has 5 nitrogen and oxygen atoms in total. The van der Waals surface area contributed by atoms with Gasteiger partial charge in [-0.3, -0.25) is 0 Å². The SMILES string of the molecule is COc1ccc2cc(O[C@H]3CC[C@@H]4CN(C(=O)O)C[C@@H]43)ccc2c1. The van der Waals surface area contributed by atoms with Gasteiger partial charge in [0.25, 0.3) is 0 Å². The number of methoxy groups -OCH3 is 1. The largest absolute Gasteiger partial charge is 0.497 e. The minimum absolute atomic E-state index is 0.107. The first-order chi connectivity index (χ1) is 11.6. The fourth-order valence-corrected chi connectivity index (χ4v) is 4.09. The maximum atomic E-state index is 11.2. The molecule has 1 aliphatic carbocycles. The standard InChI is InChI=1S/C19H21NO4/c1-23-15-5-2-13-9-16(6-3-12(13)8-15)24-18-7-4-14-10-20(19(21)22)11-17(14)18/h2-3,5-6,8-9,14,17-18H,4,7,10-11H2,1H3,(H,21,22)/t14-,17+,18+/m1/s1. The second-order valence-corrected chi connectivity index (χ2v) is 6.72. The predicted molar refractivity (Wildman–Crippen MR) is 90.7 cm³/mol. The van der Waals surface area contributed by atoms with Crippen LogP contribution in [0.25, 0.3) is 10.8 Å². The van der Waals surface area contributed by atoms with E-state index >= 15 is 0 Å². The zero-order valence-corrected chi connectivity index (χ0v) is 13.6. The summed E-state index contributed by atoms with van der Waals surface area (Å²) in [5.41, 5.74) is 0. The highest BCUT2D eigenvalue weighted by molar-refractivity contribution is 5.85. The number of carboxylic acid groups (broad SMARTS) is 1. The summed E-state index contributed by atoms with van der Waals surface area (Å²) in [6.07, 6.45) is 1.34. The second-order valence-electron chi connectivity index (χ2n) is 6.72. The van der Waals surface area contributed by atoms with Crippen LogP contribution in [-0.4, -0.2) is 42.4 Å². The van der Waals surface area contributed by atoms with Crippen molar-refractivity contribution in [2.75, 3.05) is 20.2 Å². The molecule has 2 aromatic rings. The predicted octanol–water partition coefficient (Wildman–Crippen LogP) is 3.62. The Kier molecular flexibility index (Phi) is 3.71. The van der Waals surface area contributed by atoms with Gasteiger partial charge in [-0.2, -0.15) is 0 Å². The normalized spacial score (nSPS) is 25.7. The summed E-state index contributed by atoms with van der Waals surface area (Å²) in [5, 5.41) is 11.4. The molecule has 0 spiro atoms. The second kappa shape index (κ2) is 5.89. The number of carbonyl (C=O) groups is 1. The van der Waals surface area contributed by atoms with Crippen LogP contribution in [0.5, 0.6) is 11.5 Å². The van der Waals surface area contributed by atoms with Gasteiger partial charge in [0.2, 0.25) is 0 Å². The number of benzene rings is 2. The summed E-state index contributed by atoms with van der Waals surface area (Å²) in [6.45, 7) is 1.24. The molecule has 1 saturated heterocycles. The van der Waals surface area contributed by atoms with E-state index in [9.17, 15) is 9.90 Å². The van der Waals surface area contributed by atoms with Gasteiger partial charge >= 0.3 is 6.09 Å². The molecule has 2 aliphatic rings. The maximum Gasteiger partial charge on any atom is 0.407 e. The molecule has 1 saturated carbocycles. The number of hydrogen-bond acceptors (Lipinski definition) is 3. The van der Waals surface area contributed by atoms with Gasteiger partial charge in [0.15, 0.2) is 0 Å². The third-order valence-corrected chi connectivity index (χ3v) is 5.37. The summed E-state index contributed by atoms with van der Waals surface area (Å²) in [4.78, 5) is 12.7. The van der Waals surface area contributed by atoms with Crippen molar-refractivity contribution in [1.29, 1.82) is 0 Å². The van der Waals surface area contributed by atoms with Gasteiger partial charge in [0.1, 0.15) is 17.6 Å². The van der Waals surface area contributed by atoms with Crippen LogP contribution in [-0.2, 0) is 0 Å². The summed E-state index contributed by atoms with van der Waals surface area (Å²) >= 11 is 0. The molecule has 3 atom stereocenters. The highest BCUT2D eigenvalue weighted by atomic mass is 16.5. The summed E-state index contributed by atoms with van der Waals surface area (Å²) in [7, 11) is 1.66. The van der Waals surface area contributed by atoms with E-state index in [1.807, 2.05) is 36.4 Å². The van der Waals surface area contributed by atoms with Crippen LogP contribution < -0.4 is 9.47 Å². The van der Waals surface area contributed by atoms with E-state index in [1.165, 1.54) is 4.90 Å². The molecule has 0 radical (unpaired) electrons. The Morgan fingerprint density at radius 2 is 1.79 bits per heavy atom.